The number of hydrogen-bond acceptors (Lipinski definition) is 8. The Labute approximate surface area is 358 Å². The van der Waals surface area contributed by atoms with E-state index >= 15 is 0 Å². The number of carbonyl (C=O) groups excluding carboxylic acids is 1. The number of amides is 1. The van der Waals surface area contributed by atoms with E-state index in [1.165, 1.54) is 44.9 Å². The minimum absolute atomic E-state index is 0.203. The van der Waals surface area contributed by atoms with Gasteiger partial charge in [-0.2, -0.15) is 0 Å². The highest BCUT2D eigenvalue weighted by Gasteiger charge is 2.44. The lowest BCUT2D eigenvalue weighted by Gasteiger charge is -2.40. The van der Waals surface area contributed by atoms with Crippen LogP contribution in [0.1, 0.15) is 155 Å². The van der Waals surface area contributed by atoms with Crippen molar-refractivity contribution in [2.24, 2.45) is 0 Å². The summed E-state index contributed by atoms with van der Waals surface area (Å²) < 4.78 is 11.1. The number of carbonyl (C=O) groups is 1. The minimum Gasteiger partial charge on any atom is -0.394 e. The molecule has 0 aromatic rings. The standard InChI is InChI=1S/C50H83NO8/c1-3-5-7-9-11-13-14-15-16-17-18-19-20-21-22-23-24-25-26-27-28-29-30-32-34-36-38-40-46(54)51-43(44(53)39-37-35-33-31-12-10-8-6-4-2)42-58-50-49(57)48(56)47(55)45(41-52)59-50/h4-7,11-13,15-16,18-19,21-22,31,37,39,43-45,47-50,52-53,55-57H,3,8-10,14,17,20,23-30,32-36,38,40-42H2,1-2H3,(H,51,54)/b6-4+,7-5-,13-11-,16-15-,19-18-,22-21-,31-12+,39-37+. The average molecular weight is 826 g/mol. The van der Waals surface area contributed by atoms with E-state index in [4.69, 9.17) is 9.47 Å². The lowest BCUT2D eigenvalue weighted by atomic mass is 9.99. The summed E-state index contributed by atoms with van der Waals surface area (Å²) >= 11 is 0. The van der Waals surface area contributed by atoms with Crippen LogP contribution in [-0.4, -0.2) is 87.5 Å². The summed E-state index contributed by atoms with van der Waals surface area (Å²) in [4.78, 5) is 12.9. The van der Waals surface area contributed by atoms with Gasteiger partial charge in [0.15, 0.2) is 6.29 Å². The zero-order chi connectivity index (χ0) is 43.0. The smallest absolute Gasteiger partial charge is 0.220 e. The highest BCUT2D eigenvalue weighted by molar-refractivity contribution is 5.76. The highest BCUT2D eigenvalue weighted by Crippen LogP contribution is 2.22. The van der Waals surface area contributed by atoms with Crippen molar-refractivity contribution >= 4 is 5.91 Å². The van der Waals surface area contributed by atoms with Crippen LogP contribution >= 0.6 is 0 Å². The predicted molar refractivity (Wildman–Crippen MR) is 244 cm³/mol. The number of aliphatic hydroxyl groups is 5. The molecule has 1 aliphatic rings. The molecule has 1 fully saturated rings. The van der Waals surface area contributed by atoms with E-state index < -0.39 is 49.5 Å². The Bertz CT molecular complexity index is 1240. The van der Waals surface area contributed by atoms with Gasteiger partial charge < -0.3 is 40.3 Å². The van der Waals surface area contributed by atoms with E-state index in [2.05, 4.69) is 91.2 Å². The normalized spacial score (nSPS) is 21.6. The molecule has 1 rings (SSSR count). The average Bonchev–Trinajstić information content (AvgIpc) is 3.23. The molecule has 1 heterocycles. The number of unbranched alkanes of at least 4 members (excludes halogenated alkanes) is 13. The first-order valence-electron chi connectivity index (χ1n) is 22.9. The highest BCUT2D eigenvalue weighted by atomic mass is 16.7. The van der Waals surface area contributed by atoms with Crippen LogP contribution in [0.15, 0.2) is 97.2 Å². The van der Waals surface area contributed by atoms with Gasteiger partial charge in [-0.1, -0.05) is 162 Å². The van der Waals surface area contributed by atoms with Crippen molar-refractivity contribution in [2.45, 2.75) is 198 Å². The molecule has 0 aliphatic carbocycles. The quantitative estimate of drug-likeness (QED) is 0.0270. The Morgan fingerprint density at radius 2 is 1.08 bits per heavy atom. The Morgan fingerprint density at radius 3 is 1.63 bits per heavy atom. The topological polar surface area (TPSA) is 149 Å². The van der Waals surface area contributed by atoms with E-state index in [1.807, 2.05) is 19.1 Å². The van der Waals surface area contributed by atoms with Gasteiger partial charge in [0, 0.05) is 6.42 Å². The minimum atomic E-state index is -1.58. The molecule has 9 nitrogen and oxygen atoms in total. The summed E-state index contributed by atoms with van der Waals surface area (Å²) in [5.74, 6) is -0.203. The van der Waals surface area contributed by atoms with Gasteiger partial charge >= 0.3 is 0 Å². The van der Waals surface area contributed by atoms with Crippen LogP contribution < -0.4 is 5.32 Å². The number of ether oxygens (including phenoxy) is 2. The molecular weight excluding hydrogens is 743 g/mol. The molecule has 1 saturated heterocycles. The van der Waals surface area contributed by atoms with Crippen molar-refractivity contribution in [3.8, 4) is 0 Å². The largest absolute Gasteiger partial charge is 0.394 e. The van der Waals surface area contributed by atoms with Gasteiger partial charge in [-0.15, -0.1) is 0 Å². The third-order valence-electron chi connectivity index (χ3n) is 10.2. The van der Waals surface area contributed by atoms with Crippen molar-refractivity contribution in [2.75, 3.05) is 13.2 Å². The van der Waals surface area contributed by atoms with Gasteiger partial charge in [0.05, 0.1) is 25.4 Å². The van der Waals surface area contributed by atoms with Gasteiger partial charge in [-0.25, -0.2) is 0 Å². The van der Waals surface area contributed by atoms with Crippen LogP contribution in [-0.2, 0) is 14.3 Å². The van der Waals surface area contributed by atoms with Gasteiger partial charge in [0.1, 0.15) is 24.4 Å². The molecule has 6 N–H and O–H groups in total. The van der Waals surface area contributed by atoms with Crippen LogP contribution in [0.4, 0.5) is 0 Å². The van der Waals surface area contributed by atoms with E-state index in [0.29, 0.717) is 6.42 Å². The Morgan fingerprint density at radius 1 is 0.610 bits per heavy atom. The van der Waals surface area contributed by atoms with Crippen LogP contribution in [0, 0.1) is 0 Å². The molecule has 9 heteroatoms. The van der Waals surface area contributed by atoms with E-state index in [1.54, 1.807) is 6.08 Å². The number of rotatable bonds is 36. The number of hydrogen-bond donors (Lipinski definition) is 6. The molecule has 7 unspecified atom stereocenters. The van der Waals surface area contributed by atoms with Crippen molar-refractivity contribution in [3.05, 3.63) is 97.2 Å². The van der Waals surface area contributed by atoms with Gasteiger partial charge in [0.25, 0.3) is 0 Å². The summed E-state index contributed by atoms with van der Waals surface area (Å²) in [6, 6.07) is -0.833. The van der Waals surface area contributed by atoms with Crippen LogP contribution in [0.2, 0.25) is 0 Å². The molecule has 0 aromatic heterocycles. The molecule has 0 bridgehead atoms. The summed E-state index contributed by atoms with van der Waals surface area (Å²) in [6.45, 7) is 3.37. The molecule has 0 aromatic carbocycles. The lowest BCUT2D eigenvalue weighted by molar-refractivity contribution is -0.302. The zero-order valence-corrected chi connectivity index (χ0v) is 36.7. The molecule has 0 spiro atoms. The first-order chi connectivity index (χ1) is 28.8. The maximum Gasteiger partial charge on any atom is 0.220 e. The molecule has 59 heavy (non-hydrogen) atoms. The lowest BCUT2D eigenvalue weighted by Crippen LogP contribution is -2.60. The molecule has 1 aliphatic heterocycles. The number of nitrogens with one attached hydrogen (secondary N) is 1. The molecule has 1 amide bonds. The maximum absolute atomic E-state index is 12.9. The van der Waals surface area contributed by atoms with Gasteiger partial charge in [-0.3, -0.25) is 4.79 Å². The second-order valence-electron chi connectivity index (χ2n) is 15.5. The molecule has 0 radical (unpaired) electrons. The van der Waals surface area contributed by atoms with Crippen LogP contribution in [0.5, 0.6) is 0 Å². The Hall–Kier alpha value is -2.89. The number of aliphatic hydroxyl groups excluding tert-OH is 5. The van der Waals surface area contributed by atoms with Crippen molar-refractivity contribution < 1.29 is 39.8 Å². The Balaban J connectivity index is 2.23. The molecule has 0 saturated carbocycles. The first-order valence-corrected chi connectivity index (χ1v) is 22.9. The van der Waals surface area contributed by atoms with E-state index in [-0.39, 0.29) is 12.5 Å². The van der Waals surface area contributed by atoms with Crippen LogP contribution in [0.25, 0.3) is 0 Å². The number of allylic oxidation sites excluding steroid dienone is 15. The third kappa shape index (κ3) is 29.9. The fourth-order valence-corrected chi connectivity index (χ4v) is 6.57. The first kappa shape index (κ1) is 54.1. The van der Waals surface area contributed by atoms with E-state index in [0.717, 1.165) is 89.9 Å². The fraction of sp³-hybridized carbons (Fsp3) is 0.660. The maximum atomic E-state index is 12.9. The van der Waals surface area contributed by atoms with Crippen molar-refractivity contribution in [1.82, 2.24) is 5.32 Å². The zero-order valence-electron chi connectivity index (χ0n) is 36.7. The summed E-state index contributed by atoms with van der Waals surface area (Å²) in [5, 5.41) is 54.0. The SMILES string of the molecule is C/C=C/CC/C=C/CC/C=C/C(O)C(COC1OC(CO)C(O)C(O)C1O)NC(=O)CCCCCCCCCCCCC/C=C\C/C=C\C/C=C\C/C=C\C/C=C\CC. The third-order valence-corrected chi connectivity index (χ3v) is 10.2. The monoisotopic (exact) mass is 826 g/mol. The fourth-order valence-electron chi connectivity index (χ4n) is 6.57. The molecule has 7 atom stereocenters. The molecular formula is C50H83NO8. The molecule has 336 valence electrons. The second kappa shape index (κ2) is 39.3. The van der Waals surface area contributed by atoms with Crippen molar-refractivity contribution in [3.63, 3.8) is 0 Å². The second-order valence-corrected chi connectivity index (χ2v) is 15.5. The summed E-state index contributed by atoms with van der Waals surface area (Å²) in [5.41, 5.74) is 0. The van der Waals surface area contributed by atoms with E-state index in [9.17, 15) is 30.3 Å². The van der Waals surface area contributed by atoms with Gasteiger partial charge in [-0.05, 0) is 84.0 Å². The van der Waals surface area contributed by atoms with Gasteiger partial charge in [0.2, 0.25) is 5.91 Å². The summed E-state index contributed by atoms with van der Waals surface area (Å²) in [6.07, 6.45) is 49.1. The summed E-state index contributed by atoms with van der Waals surface area (Å²) in [7, 11) is 0. The predicted octanol–water partition coefficient (Wildman–Crippen LogP) is 9.72. The van der Waals surface area contributed by atoms with Crippen molar-refractivity contribution in [1.29, 1.82) is 0 Å². The van der Waals surface area contributed by atoms with Crippen LogP contribution in [0.3, 0.4) is 0 Å². The Kier molecular flexibility index (Phi) is 36.0.